The van der Waals surface area contributed by atoms with Gasteiger partial charge in [-0.15, -0.1) is 11.3 Å². The Labute approximate surface area is 201 Å². The van der Waals surface area contributed by atoms with Crippen molar-refractivity contribution in [1.82, 2.24) is 19.9 Å². The summed E-state index contributed by atoms with van der Waals surface area (Å²) in [7, 11) is 0. The summed E-state index contributed by atoms with van der Waals surface area (Å²) in [6.07, 6.45) is 3.55. The number of primary amides is 1. The summed E-state index contributed by atoms with van der Waals surface area (Å²) in [5.41, 5.74) is 7.02. The standard InChI is InChI=1S/C23H27N7O3S/c24-22(31)17-13-18(16-1-2-21(26-14-16)30-7-11-33-12-8-30)34-23(17)28-19-3-4-25-20(27-19)15-29-5-9-32-10-6-29/h1-4,13-14H,5-12,15H2,(H2,24,31)(H,25,27,28). The average Bonchev–Trinajstić information content (AvgIpc) is 3.30. The predicted octanol–water partition coefficient (Wildman–Crippen LogP) is 2.11. The van der Waals surface area contributed by atoms with Gasteiger partial charge < -0.3 is 25.4 Å². The van der Waals surface area contributed by atoms with Crippen LogP contribution in [0.25, 0.3) is 10.4 Å². The molecule has 0 aliphatic carbocycles. The van der Waals surface area contributed by atoms with Gasteiger partial charge in [0.1, 0.15) is 22.5 Å². The molecule has 1 amide bonds. The number of nitrogens with zero attached hydrogens (tertiary/aromatic N) is 5. The fraction of sp³-hybridized carbons (Fsp3) is 0.391. The maximum absolute atomic E-state index is 12.2. The van der Waals surface area contributed by atoms with Crippen LogP contribution in [0.3, 0.4) is 0 Å². The molecule has 34 heavy (non-hydrogen) atoms. The Bertz CT molecular complexity index is 1130. The van der Waals surface area contributed by atoms with Crippen LogP contribution < -0.4 is 16.0 Å². The quantitative estimate of drug-likeness (QED) is 0.523. The van der Waals surface area contributed by atoms with Gasteiger partial charge in [-0.05, 0) is 24.3 Å². The van der Waals surface area contributed by atoms with E-state index in [-0.39, 0.29) is 0 Å². The molecule has 3 N–H and O–H groups in total. The van der Waals surface area contributed by atoms with Crippen LogP contribution in [-0.4, -0.2) is 78.4 Å². The molecule has 2 saturated heterocycles. The van der Waals surface area contributed by atoms with Gasteiger partial charge in [-0.1, -0.05) is 0 Å². The minimum absolute atomic E-state index is 0.422. The molecule has 5 heterocycles. The molecule has 0 unspecified atom stereocenters. The summed E-state index contributed by atoms with van der Waals surface area (Å²) in [5, 5.41) is 3.91. The van der Waals surface area contributed by atoms with Crippen molar-refractivity contribution in [1.29, 1.82) is 0 Å². The minimum Gasteiger partial charge on any atom is -0.379 e. The number of carbonyl (C=O) groups excluding carboxylic acids is 1. The van der Waals surface area contributed by atoms with Crippen LogP contribution in [0.15, 0.2) is 36.7 Å². The first-order valence-electron chi connectivity index (χ1n) is 11.3. The van der Waals surface area contributed by atoms with E-state index in [0.29, 0.717) is 42.0 Å². The van der Waals surface area contributed by atoms with Gasteiger partial charge in [0.15, 0.2) is 0 Å². The van der Waals surface area contributed by atoms with Gasteiger partial charge in [0.05, 0.1) is 38.5 Å². The molecule has 5 rings (SSSR count). The molecule has 0 aromatic carbocycles. The van der Waals surface area contributed by atoms with Crippen LogP contribution in [0, 0.1) is 0 Å². The topological polar surface area (TPSA) is 119 Å². The Morgan fingerprint density at radius 2 is 1.82 bits per heavy atom. The summed E-state index contributed by atoms with van der Waals surface area (Å²) >= 11 is 1.45. The van der Waals surface area contributed by atoms with E-state index < -0.39 is 5.91 Å². The second-order valence-corrected chi connectivity index (χ2v) is 9.15. The molecule has 0 atom stereocenters. The highest BCUT2D eigenvalue weighted by Crippen LogP contribution is 2.37. The predicted molar refractivity (Wildman–Crippen MR) is 131 cm³/mol. The lowest BCUT2D eigenvalue weighted by Crippen LogP contribution is -2.36. The molecule has 3 aromatic heterocycles. The summed E-state index contributed by atoms with van der Waals surface area (Å²) < 4.78 is 10.8. The summed E-state index contributed by atoms with van der Waals surface area (Å²) in [5.74, 6) is 1.76. The number of carbonyl (C=O) groups is 1. The van der Waals surface area contributed by atoms with Gasteiger partial charge in [-0.3, -0.25) is 9.69 Å². The Kier molecular flexibility index (Phi) is 6.95. The van der Waals surface area contributed by atoms with Gasteiger partial charge >= 0.3 is 0 Å². The smallest absolute Gasteiger partial charge is 0.251 e. The van der Waals surface area contributed by atoms with Crippen molar-refractivity contribution in [2.24, 2.45) is 5.73 Å². The average molecular weight is 482 g/mol. The highest BCUT2D eigenvalue weighted by molar-refractivity contribution is 7.19. The van der Waals surface area contributed by atoms with Crippen molar-refractivity contribution in [2.45, 2.75) is 6.54 Å². The van der Waals surface area contributed by atoms with Crippen LogP contribution in [-0.2, 0) is 16.0 Å². The number of aromatic nitrogens is 3. The van der Waals surface area contributed by atoms with E-state index in [1.54, 1.807) is 18.3 Å². The van der Waals surface area contributed by atoms with E-state index in [2.05, 4.69) is 30.1 Å². The number of pyridine rings is 1. The first-order valence-corrected chi connectivity index (χ1v) is 12.1. The number of hydrogen-bond donors (Lipinski definition) is 2. The zero-order valence-electron chi connectivity index (χ0n) is 18.8. The molecule has 2 fully saturated rings. The first kappa shape index (κ1) is 22.7. The van der Waals surface area contributed by atoms with E-state index >= 15 is 0 Å². The number of nitrogens with one attached hydrogen (secondary N) is 1. The largest absolute Gasteiger partial charge is 0.379 e. The van der Waals surface area contributed by atoms with E-state index in [4.69, 9.17) is 15.2 Å². The number of amides is 1. The lowest BCUT2D eigenvalue weighted by molar-refractivity contribution is 0.0331. The van der Waals surface area contributed by atoms with Crippen molar-refractivity contribution in [2.75, 3.05) is 62.8 Å². The van der Waals surface area contributed by atoms with Crippen molar-refractivity contribution < 1.29 is 14.3 Å². The molecule has 2 aliphatic rings. The molecular weight excluding hydrogens is 454 g/mol. The normalized spacial score (nSPS) is 17.0. The second kappa shape index (κ2) is 10.4. The van der Waals surface area contributed by atoms with Gasteiger partial charge in [-0.2, -0.15) is 0 Å². The number of nitrogens with two attached hydrogens (primary N) is 1. The van der Waals surface area contributed by atoms with E-state index in [1.807, 2.05) is 18.3 Å². The first-order chi connectivity index (χ1) is 16.7. The van der Waals surface area contributed by atoms with E-state index in [0.717, 1.165) is 55.7 Å². The van der Waals surface area contributed by atoms with Crippen molar-refractivity contribution in [3.63, 3.8) is 0 Å². The molecule has 0 radical (unpaired) electrons. The fourth-order valence-electron chi connectivity index (χ4n) is 3.94. The molecule has 0 bridgehead atoms. The monoisotopic (exact) mass is 481 g/mol. The summed E-state index contributed by atoms with van der Waals surface area (Å²) in [4.78, 5) is 31.2. The lowest BCUT2D eigenvalue weighted by atomic mass is 10.2. The third-order valence-electron chi connectivity index (χ3n) is 5.78. The number of hydrogen-bond acceptors (Lipinski definition) is 10. The maximum atomic E-state index is 12.2. The molecule has 2 aliphatic heterocycles. The van der Waals surface area contributed by atoms with Crippen molar-refractivity contribution >= 4 is 33.9 Å². The van der Waals surface area contributed by atoms with Crippen LogP contribution in [0.4, 0.5) is 16.6 Å². The number of morpholine rings is 2. The SMILES string of the molecule is NC(=O)c1cc(-c2ccc(N3CCOCC3)nc2)sc1Nc1ccnc(CN2CCOCC2)n1. The van der Waals surface area contributed by atoms with Crippen LogP contribution in [0.2, 0.25) is 0 Å². The Hall–Kier alpha value is -3.12. The molecule has 3 aromatic rings. The number of anilines is 3. The highest BCUT2D eigenvalue weighted by Gasteiger charge is 2.18. The third kappa shape index (κ3) is 5.33. The highest BCUT2D eigenvalue weighted by atomic mass is 32.1. The van der Waals surface area contributed by atoms with Crippen LogP contribution in [0.1, 0.15) is 16.2 Å². The lowest BCUT2D eigenvalue weighted by Gasteiger charge is -2.27. The molecule has 10 nitrogen and oxygen atoms in total. The molecule has 0 spiro atoms. The summed E-state index contributed by atoms with van der Waals surface area (Å²) in [6.45, 7) is 6.90. The van der Waals surface area contributed by atoms with E-state index in [9.17, 15) is 4.79 Å². The molecule has 178 valence electrons. The van der Waals surface area contributed by atoms with Crippen LogP contribution in [0.5, 0.6) is 0 Å². The zero-order chi connectivity index (χ0) is 23.3. The fourth-order valence-corrected chi connectivity index (χ4v) is 5.00. The Morgan fingerprint density at radius 1 is 1.06 bits per heavy atom. The van der Waals surface area contributed by atoms with Gasteiger partial charge in [0, 0.05) is 49.0 Å². The number of rotatable bonds is 7. The molecule has 0 saturated carbocycles. The van der Waals surface area contributed by atoms with E-state index in [1.165, 1.54) is 11.3 Å². The summed E-state index contributed by atoms with van der Waals surface area (Å²) in [6, 6.07) is 7.60. The Balaban J connectivity index is 1.33. The minimum atomic E-state index is -0.495. The van der Waals surface area contributed by atoms with Gasteiger partial charge in [-0.25, -0.2) is 15.0 Å². The van der Waals surface area contributed by atoms with Crippen LogP contribution >= 0.6 is 11.3 Å². The Morgan fingerprint density at radius 3 is 2.53 bits per heavy atom. The molecular formula is C23H27N7O3S. The van der Waals surface area contributed by atoms with Crippen molar-refractivity contribution in [3.05, 3.63) is 48.0 Å². The number of ether oxygens (including phenoxy) is 2. The van der Waals surface area contributed by atoms with Crippen molar-refractivity contribution in [3.8, 4) is 10.4 Å². The maximum Gasteiger partial charge on any atom is 0.251 e. The van der Waals surface area contributed by atoms with Gasteiger partial charge in [0.25, 0.3) is 5.91 Å². The van der Waals surface area contributed by atoms with Gasteiger partial charge in [0.2, 0.25) is 0 Å². The zero-order valence-corrected chi connectivity index (χ0v) is 19.6. The second-order valence-electron chi connectivity index (χ2n) is 8.09. The molecule has 11 heteroatoms. The third-order valence-corrected chi connectivity index (χ3v) is 6.88. The number of thiophene rings is 1.